The Balaban J connectivity index is 1.26. The van der Waals surface area contributed by atoms with Crippen LogP contribution in [0.15, 0.2) is 73.1 Å². The average Bonchev–Trinajstić information content (AvgIpc) is 3.40. The van der Waals surface area contributed by atoms with Gasteiger partial charge in [-0.1, -0.05) is 36.4 Å². The summed E-state index contributed by atoms with van der Waals surface area (Å²) in [6.45, 7) is 6.20. The molecule has 1 amide bonds. The van der Waals surface area contributed by atoms with Gasteiger partial charge in [-0.25, -0.2) is 4.79 Å². The van der Waals surface area contributed by atoms with E-state index >= 15 is 0 Å². The summed E-state index contributed by atoms with van der Waals surface area (Å²) in [5, 5.41) is 17.3. The van der Waals surface area contributed by atoms with Gasteiger partial charge in [-0.2, -0.15) is 5.10 Å². The van der Waals surface area contributed by atoms with Crippen LogP contribution in [0, 0.1) is 13.8 Å². The number of nitrogens with one attached hydrogen (secondary N) is 1. The molecule has 39 heavy (non-hydrogen) atoms. The maximum atomic E-state index is 13.3. The van der Waals surface area contributed by atoms with Crippen LogP contribution in [-0.2, 0) is 17.8 Å². The number of rotatable bonds is 9. The second-order valence-electron chi connectivity index (χ2n) is 10.2. The molecule has 1 aliphatic rings. The van der Waals surface area contributed by atoms with Crippen LogP contribution in [0.1, 0.15) is 51.9 Å². The Morgan fingerprint density at radius 2 is 1.87 bits per heavy atom. The summed E-state index contributed by atoms with van der Waals surface area (Å²) in [6, 6.07) is 19.3. The summed E-state index contributed by atoms with van der Waals surface area (Å²) < 4.78 is 1.82. The van der Waals surface area contributed by atoms with Crippen LogP contribution >= 0.6 is 0 Å². The molecule has 0 spiro atoms. The van der Waals surface area contributed by atoms with E-state index in [0.717, 1.165) is 60.4 Å². The molecule has 2 N–H and O–H groups in total. The molecule has 5 rings (SSSR count). The molecule has 0 saturated heterocycles. The standard InChI is InChI=1S/C32H34N4O3/c1-22-8-3-13-29(23(22)2)33-16-6-15-31(37)36-17-7-12-28-27(11-5-14-30(28)36)26-19-34-35(21-26)20-24-9-4-10-25(18-24)32(38)39/h3-5,8-11,13-14,18-19,21,33H,6-7,12,15-17,20H2,1-2H3,(H,38,39). The van der Waals surface area contributed by atoms with Crippen LogP contribution in [0.4, 0.5) is 11.4 Å². The highest BCUT2D eigenvalue weighted by molar-refractivity contribution is 5.96. The number of hydrogen-bond donors (Lipinski definition) is 2. The van der Waals surface area contributed by atoms with Gasteiger partial charge in [0.25, 0.3) is 0 Å². The first-order chi connectivity index (χ1) is 18.9. The highest BCUT2D eigenvalue weighted by Gasteiger charge is 2.24. The smallest absolute Gasteiger partial charge is 0.335 e. The highest BCUT2D eigenvalue weighted by Crippen LogP contribution is 2.36. The number of carbonyl (C=O) groups is 2. The number of anilines is 2. The molecule has 0 fully saturated rings. The first-order valence-corrected chi connectivity index (χ1v) is 13.5. The SMILES string of the molecule is Cc1cccc(NCCCC(=O)N2CCCc3c(-c4cnn(Cc5cccc(C(=O)O)c5)c4)cccc32)c1C. The van der Waals surface area contributed by atoms with E-state index in [1.165, 1.54) is 16.7 Å². The fraction of sp³-hybridized carbons (Fsp3) is 0.281. The minimum absolute atomic E-state index is 0.157. The molecule has 1 aromatic heterocycles. The summed E-state index contributed by atoms with van der Waals surface area (Å²) in [6.07, 6.45) is 6.93. The number of benzene rings is 3. The molecule has 200 valence electrons. The van der Waals surface area contributed by atoms with Crippen LogP contribution < -0.4 is 10.2 Å². The largest absolute Gasteiger partial charge is 0.478 e. The van der Waals surface area contributed by atoms with Gasteiger partial charge in [-0.15, -0.1) is 0 Å². The van der Waals surface area contributed by atoms with Gasteiger partial charge in [0.05, 0.1) is 18.3 Å². The molecule has 0 aliphatic carbocycles. The number of carboxylic acid groups (broad SMARTS) is 1. The van der Waals surface area contributed by atoms with E-state index in [0.29, 0.717) is 13.0 Å². The summed E-state index contributed by atoms with van der Waals surface area (Å²) in [5.74, 6) is -0.782. The Bertz CT molecular complexity index is 1510. The third kappa shape index (κ3) is 5.87. The molecule has 7 nitrogen and oxygen atoms in total. The molecule has 1 aliphatic heterocycles. The van der Waals surface area contributed by atoms with Gasteiger partial charge in [0.2, 0.25) is 5.91 Å². The van der Waals surface area contributed by atoms with E-state index in [9.17, 15) is 14.7 Å². The van der Waals surface area contributed by atoms with Gasteiger partial charge >= 0.3 is 5.97 Å². The van der Waals surface area contributed by atoms with Crippen LogP contribution in [0.25, 0.3) is 11.1 Å². The third-order valence-corrected chi connectivity index (χ3v) is 7.50. The van der Waals surface area contributed by atoms with Crippen LogP contribution in [0.5, 0.6) is 0 Å². The van der Waals surface area contributed by atoms with Gasteiger partial charge in [0.15, 0.2) is 0 Å². The number of carboxylic acids is 1. The Kier molecular flexibility index (Phi) is 7.77. The second-order valence-corrected chi connectivity index (χ2v) is 10.2. The van der Waals surface area contributed by atoms with Crippen molar-refractivity contribution in [2.75, 3.05) is 23.3 Å². The number of aromatic carboxylic acids is 1. The third-order valence-electron chi connectivity index (χ3n) is 7.50. The molecule has 2 heterocycles. The first kappa shape index (κ1) is 26.2. The van der Waals surface area contributed by atoms with E-state index < -0.39 is 5.97 Å². The van der Waals surface area contributed by atoms with Gasteiger partial charge < -0.3 is 15.3 Å². The van der Waals surface area contributed by atoms with Crippen molar-refractivity contribution in [1.29, 1.82) is 0 Å². The first-order valence-electron chi connectivity index (χ1n) is 13.5. The zero-order valence-electron chi connectivity index (χ0n) is 22.5. The number of amides is 1. The average molecular weight is 523 g/mol. The van der Waals surface area contributed by atoms with Crippen molar-refractivity contribution in [3.05, 3.63) is 101 Å². The molecular weight excluding hydrogens is 488 g/mol. The van der Waals surface area contributed by atoms with E-state index in [-0.39, 0.29) is 11.5 Å². The van der Waals surface area contributed by atoms with Crippen molar-refractivity contribution in [2.45, 2.75) is 46.1 Å². The molecule has 0 saturated carbocycles. The minimum atomic E-state index is -0.939. The molecule has 7 heteroatoms. The number of carbonyl (C=O) groups excluding carboxylic acids is 1. The number of nitrogens with zero attached hydrogens (tertiary/aromatic N) is 3. The highest BCUT2D eigenvalue weighted by atomic mass is 16.4. The lowest BCUT2D eigenvalue weighted by molar-refractivity contribution is -0.118. The monoisotopic (exact) mass is 522 g/mol. The zero-order chi connectivity index (χ0) is 27.4. The summed E-state index contributed by atoms with van der Waals surface area (Å²) in [4.78, 5) is 26.5. The van der Waals surface area contributed by atoms with Crippen LogP contribution in [0.2, 0.25) is 0 Å². The van der Waals surface area contributed by atoms with Gasteiger partial charge in [-0.05, 0) is 85.2 Å². The number of fused-ring (bicyclic) bond motifs is 1. The number of hydrogen-bond acceptors (Lipinski definition) is 4. The van der Waals surface area contributed by atoms with Crippen molar-refractivity contribution in [2.24, 2.45) is 0 Å². The van der Waals surface area contributed by atoms with E-state index in [2.05, 4.69) is 48.5 Å². The maximum absolute atomic E-state index is 13.3. The van der Waals surface area contributed by atoms with Crippen molar-refractivity contribution in [1.82, 2.24) is 9.78 Å². The molecule has 0 bridgehead atoms. The summed E-state index contributed by atoms with van der Waals surface area (Å²) in [5.41, 5.74) is 9.04. The van der Waals surface area contributed by atoms with Crippen molar-refractivity contribution >= 4 is 23.3 Å². The molecular formula is C32H34N4O3. The molecule has 3 aromatic carbocycles. The van der Waals surface area contributed by atoms with Gasteiger partial charge in [0, 0.05) is 42.6 Å². The number of aryl methyl sites for hydroxylation is 1. The normalized spacial score (nSPS) is 12.7. The lowest BCUT2D eigenvalue weighted by Gasteiger charge is -2.31. The fourth-order valence-electron chi connectivity index (χ4n) is 5.27. The summed E-state index contributed by atoms with van der Waals surface area (Å²) in [7, 11) is 0. The van der Waals surface area contributed by atoms with Crippen molar-refractivity contribution in [3.63, 3.8) is 0 Å². The van der Waals surface area contributed by atoms with E-state index in [1.54, 1.807) is 18.2 Å². The topological polar surface area (TPSA) is 87.5 Å². The van der Waals surface area contributed by atoms with Crippen molar-refractivity contribution < 1.29 is 14.7 Å². The summed E-state index contributed by atoms with van der Waals surface area (Å²) >= 11 is 0. The Morgan fingerprint density at radius 1 is 1.05 bits per heavy atom. The number of aromatic nitrogens is 2. The van der Waals surface area contributed by atoms with E-state index in [4.69, 9.17) is 0 Å². The maximum Gasteiger partial charge on any atom is 0.335 e. The Morgan fingerprint density at radius 3 is 2.72 bits per heavy atom. The minimum Gasteiger partial charge on any atom is -0.478 e. The second kappa shape index (κ2) is 11.6. The van der Waals surface area contributed by atoms with Crippen LogP contribution in [-0.4, -0.2) is 39.9 Å². The lowest BCUT2D eigenvalue weighted by Crippen LogP contribution is -2.35. The van der Waals surface area contributed by atoms with Crippen molar-refractivity contribution in [3.8, 4) is 11.1 Å². The molecule has 0 atom stereocenters. The zero-order valence-corrected chi connectivity index (χ0v) is 22.5. The fourth-order valence-corrected chi connectivity index (χ4v) is 5.27. The van der Waals surface area contributed by atoms with Gasteiger partial charge in [0.1, 0.15) is 0 Å². The Hall–Kier alpha value is -4.39. The van der Waals surface area contributed by atoms with Crippen LogP contribution in [0.3, 0.4) is 0 Å². The lowest BCUT2D eigenvalue weighted by atomic mass is 9.93. The quantitative estimate of drug-likeness (QED) is 0.260. The predicted octanol–water partition coefficient (Wildman–Crippen LogP) is 6.08. The Labute approximate surface area is 229 Å². The molecule has 0 radical (unpaired) electrons. The molecule has 4 aromatic rings. The molecule has 0 unspecified atom stereocenters. The van der Waals surface area contributed by atoms with E-state index in [1.807, 2.05) is 40.2 Å². The predicted molar refractivity (Wildman–Crippen MR) is 154 cm³/mol. The van der Waals surface area contributed by atoms with Gasteiger partial charge in [-0.3, -0.25) is 9.48 Å².